The number of aliphatic hydroxyl groups excluding tert-OH is 1. The minimum absolute atomic E-state index is 0.0690. The van der Waals surface area contributed by atoms with Crippen molar-refractivity contribution in [2.75, 3.05) is 26.2 Å². The second-order valence-electron chi connectivity index (χ2n) is 5.23. The number of hydrogen-bond acceptors (Lipinski definition) is 4. The smallest absolute Gasteiger partial charge is 0.234 e. The van der Waals surface area contributed by atoms with E-state index in [1.807, 2.05) is 24.4 Å². The molecule has 2 rings (SSSR count). The molecule has 1 aliphatic heterocycles. The summed E-state index contributed by atoms with van der Waals surface area (Å²) in [4.78, 5) is 15.3. The van der Waals surface area contributed by atoms with E-state index in [4.69, 9.17) is 0 Å². The maximum absolute atomic E-state index is 12.0. The molecular weight excluding hydrogens is 260 g/mol. The van der Waals surface area contributed by atoms with E-state index >= 15 is 0 Å². The first-order valence-electron chi connectivity index (χ1n) is 6.85. The van der Waals surface area contributed by atoms with Crippen molar-refractivity contribution in [3.8, 4) is 0 Å². The first-order valence-corrected chi connectivity index (χ1v) is 7.73. The highest BCUT2D eigenvalue weighted by Gasteiger charge is 2.21. The van der Waals surface area contributed by atoms with Crippen LogP contribution in [0.25, 0.3) is 0 Å². The van der Waals surface area contributed by atoms with Crippen LogP contribution >= 0.6 is 11.3 Å². The highest BCUT2D eigenvalue weighted by molar-refractivity contribution is 7.10. The standard InChI is InChI=1S/C14H22N2O2S/c1-11(13-5-3-7-19-13)15-14(18)9-16-6-2-4-12(8-16)10-17/h3,5,7,11-12,17H,2,4,6,8-10H2,1H3,(H,15,18)/t11-,12+/m1/s1. The summed E-state index contributed by atoms with van der Waals surface area (Å²) in [5.74, 6) is 0.399. The quantitative estimate of drug-likeness (QED) is 0.863. The number of nitrogens with zero attached hydrogens (tertiary/aromatic N) is 1. The Morgan fingerprint density at radius 1 is 1.68 bits per heavy atom. The van der Waals surface area contributed by atoms with Crippen LogP contribution < -0.4 is 5.32 Å². The summed E-state index contributed by atoms with van der Waals surface area (Å²) in [6.07, 6.45) is 2.14. The van der Waals surface area contributed by atoms with Crippen LogP contribution in [0.2, 0.25) is 0 Å². The van der Waals surface area contributed by atoms with Crippen LogP contribution in [0, 0.1) is 5.92 Å². The lowest BCUT2D eigenvalue weighted by atomic mass is 9.99. The number of nitrogens with one attached hydrogen (secondary N) is 1. The number of rotatable bonds is 5. The van der Waals surface area contributed by atoms with Crippen molar-refractivity contribution in [3.05, 3.63) is 22.4 Å². The van der Waals surface area contributed by atoms with Gasteiger partial charge in [-0.25, -0.2) is 0 Å². The summed E-state index contributed by atoms with van der Waals surface area (Å²) in [6.45, 7) is 4.46. The number of hydrogen-bond donors (Lipinski definition) is 2. The molecule has 1 fully saturated rings. The SMILES string of the molecule is C[C@@H](NC(=O)CN1CCC[C@H](CO)C1)c1cccs1. The van der Waals surface area contributed by atoms with Crippen LogP contribution in [0.3, 0.4) is 0 Å². The van der Waals surface area contributed by atoms with E-state index in [-0.39, 0.29) is 18.6 Å². The second kappa shape index (κ2) is 7.03. The molecule has 2 heterocycles. The lowest BCUT2D eigenvalue weighted by Gasteiger charge is -2.31. The molecule has 0 saturated carbocycles. The van der Waals surface area contributed by atoms with E-state index in [1.165, 1.54) is 4.88 Å². The number of carbonyl (C=O) groups is 1. The second-order valence-corrected chi connectivity index (χ2v) is 6.21. The van der Waals surface area contributed by atoms with Gasteiger partial charge in [-0.05, 0) is 43.7 Å². The van der Waals surface area contributed by atoms with Gasteiger partial charge < -0.3 is 10.4 Å². The van der Waals surface area contributed by atoms with Crippen LogP contribution in [-0.2, 0) is 4.79 Å². The predicted molar refractivity (Wildman–Crippen MR) is 77.1 cm³/mol. The van der Waals surface area contributed by atoms with Crippen molar-refractivity contribution in [1.82, 2.24) is 10.2 Å². The maximum Gasteiger partial charge on any atom is 0.234 e. The molecule has 106 valence electrons. The zero-order valence-electron chi connectivity index (χ0n) is 11.3. The molecule has 5 heteroatoms. The van der Waals surface area contributed by atoms with Crippen molar-refractivity contribution in [3.63, 3.8) is 0 Å². The van der Waals surface area contributed by atoms with E-state index in [9.17, 15) is 9.90 Å². The molecule has 1 aromatic heterocycles. The van der Waals surface area contributed by atoms with Gasteiger partial charge in [0.2, 0.25) is 5.91 Å². The summed E-state index contributed by atoms with van der Waals surface area (Å²) >= 11 is 1.66. The third kappa shape index (κ3) is 4.30. The Morgan fingerprint density at radius 3 is 3.21 bits per heavy atom. The summed E-state index contributed by atoms with van der Waals surface area (Å²) in [5, 5.41) is 14.2. The average Bonchev–Trinajstić information content (AvgIpc) is 2.92. The topological polar surface area (TPSA) is 52.6 Å². The number of thiophene rings is 1. The molecule has 19 heavy (non-hydrogen) atoms. The number of piperidine rings is 1. The third-order valence-electron chi connectivity index (χ3n) is 3.58. The molecule has 1 aromatic rings. The molecule has 0 radical (unpaired) electrons. The van der Waals surface area contributed by atoms with Gasteiger partial charge in [-0.1, -0.05) is 6.07 Å². The van der Waals surface area contributed by atoms with Gasteiger partial charge >= 0.3 is 0 Å². The first kappa shape index (κ1) is 14.5. The Labute approximate surface area is 118 Å². The molecule has 1 amide bonds. The minimum atomic E-state index is 0.0690. The fourth-order valence-corrected chi connectivity index (χ4v) is 3.28. The number of likely N-dealkylation sites (tertiary alicyclic amines) is 1. The molecule has 4 nitrogen and oxygen atoms in total. The van der Waals surface area contributed by atoms with Crippen molar-refractivity contribution >= 4 is 17.2 Å². The van der Waals surface area contributed by atoms with Gasteiger partial charge in [-0.2, -0.15) is 0 Å². The van der Waals surface area contributed by atoms with Gasteiger partial charge in [-0.3, -0.25) is 9.69 Å². The van der Waals surface area contributed by atoms with Gasteiger partial charge in [0.1, 0.15) is 0 Å². The molecule has 0 bridgehead atoms. The molecule has 1 saturated heterocycles. The molecular formula is C14H22N2O2S. The third-order valence-corrected chi connectivity index (χ3v) is 4.63. The molecule has 1 aliphatic rings. The normalized spacial score (nSPS) is 22.1. The van der Waals surface area contributed by atoms with E-state index in [1.54, 1.807) is 11.3 Å². The molecule has 0 unspecified atom stereocenters. The Balaban J connectivity index is 1.77. The summed E-state index contributed by atoms with van der Waals surface area (Å²) in [6, 6.07) is 4.11. The van der Waals surface area contributed by atoms with Crippen LogP contribution in [0.5, 0.6) is 0 Å². The number of amides is 1. The zero-order chi connectivity index (χ0) is 13.7. The van der Waals surface area contributed by atoms with Crippen molar-refractivity contribution < 1.29 is 9.90 Å². The Kier molecular flexibility index (Phi) is 5.36. The van der Waals surface area contributed by atoms with Gasteiger partial charge in [0.25, 0.3) is 0 Å². The van der Waals surface area contributed by atoms with Crippen molar-refractivity contribution in [2.24, 2.45) is 5.92 Å². The highest BCUT2D eigenvalue weighted by atomic mass is 32.1. The van der Waals surface area contributed by atoms with Gasteiger partial charge in [0, 0.05) is 18.0 Å². The number of carbonyl (C=O) groups excluding carboxylic acids is 1. The summed E-state index contributed by atoms with van der Waals surface area (Å²) < 4.78 is 0. The van der Waals surface area contributed by atoms with Gasteiger partial charge in [-0.15, -0.1) is 11.3 Å². The Morgan fingerprint density at radius 2 is 2.53 bits per heavy atom. The largest absolute Gasteiger partial charge is 0.396 e. The van der Waals surface area contributed by atoms with Crippen LogP contribution in [0.1, 0.15) is 30.7 Å². The van der Waals surface area contributed by atoms with E-state index < -0.39 is 0 Å². The van der Waals surface area contributed by atoms with Crippen LogP contribution in [0.15, 0.2) is 17.5 Å². The lowest BCUT2D eigenvalue weighted by Crippen LogP contribution is -2.43. The fourth-order valence-electron chi connectivity index (χ4n) is 2.54. The Hall–Kier alpha value is -0.910. The van der Waals surface area contributed by atoms with Crippen molar-refractivity contribution in [2.45, 2.75) is 25.8 Å². The molecule has 2 atom stereocenters. The van der Waals surface area contributed by atoms with Gasteiger partial charge in [0.05, 0.1) is 12.6 Å². The van der Waals surface area contributed by atoms with Gasteiger partial charge in [0.15, 0.2) is 0 Å². The van der Waals surface area contributed by atoms with Crippen molar-refractivity contribution in [1.29, 1.82) is 0 Å². The average molecular weight is 282 g/mol. The zero-order valence-corrected chi connectivity index (χ0v) is 12.2. The molecule has 0 aromatic carbocycles. The summed E-state index contributed by atoms with van der Waals surface area (Å²) in [5.41, 5.74) is 0. The monoisotopic (exact) mass is 282 g/mol. The lowest BCUT2D eigenvalue weighted by molar-refractivity contribution is -0.123. The Bertz CT molecular complexity index is 394. The fraction of sp³-hybridized carbons (Fsp3) is 0.643. The molecule has 0 spiro atoms. The van der Waals surface area contributed by atoms with Crippen LogP contribution in [-0.4, -0.2) is 42.2 Å². The summed E-state index contributed by atoms with van der Waals surface area (Å²) in [7, 11) is 0. The van der Waals surface area contributed by atoms with E-state index in [0.717, 1.165) is 25.9 Å². The molecule has 0 aliphatic carbocycles. The minimum Gasteiger partial charge on any atom is -0.396 e. The number of aliphatic hydroxyl groups is 1. The first-order chi connectivity index (χ1) is 9.19. The van der Waals surface area contributed by atoms with Crippen LogP contribution in [0.4, 0.5) is 0 Å². The molecule has 2 N–H and O–H groups in total. The van der Waals surface area contributed by atoms with E-state index in [2.05, 4.69) is 10.2 Å². The maximum atomic E-state index is 12.0. The highest BCUT2D eigenvalue weighted by Crippen LogP contribution is 2.18. The van der Waals surface area contributed by atoms with E-state index in [0.29, 0.717) is 12.5 Å². The predicted octanol–water partition coefficient (Wildman–Crippen LogP) is 1.63.